The van der Waals surface area contributed by atoms with E-state index in [-0.39, 0.29) is 12.1 Å². The molecule has 0 aliphatic rings. The summed E-state index contributed by atoms with van der Waals surface area (Å²) in [6, 6.07) is 14.1. The molecule has 0 spiro atoms. The van der Waals surface area contributed by atoms with Crippen molar-refractivity contribution in [3.8, 4) is 5.75 Å². The largest absolute Gasteiger partial charge is 0.491 e. The van der Waals surface area contributed by atoms with Gasteiger partial charge in [0.1, 0.15) is 23.5 Å². The van der Waals surface area contributed by atoms with Crippen LogP contribution < -0.4 is 10.1 Å². The Morgan fingerprint density at radius 1 is 1.21 bits per heavy atom. The molecule has 0 saturated heterocycles. The second-order valence-corrected chi connectivity index (χ2v) is 7.21. The number of nitrogens with zero attached hydrogens (tertiary/aromatic N) is 1. The van der Waals surface area contributed by atoms with Crippen LogP contribution >= 0.6 is 11.3 Å². The van der Waals surface area contributed by atoms with Gasteiger partial charge in [-0.3, -0.25) is 0 Å². The summed E-state index contributed by atoms with van der Waals surface area (Å²) < 4.78 is 5.73. The van der Waals surface area contributed by atoms with E-state index in [9.17, 15) is 5.11 Å². The number of thiazole rings is 1. The lowest BCUT2D eigenvalue weighted by atomic mass is 10.1. The predicted octanol–water partition coefficient (Wildman–Crippen LogP) is 3.56. The monoisotopic (exact) mass is 342 g/mol. The molecule has 4 nitrogen and oxygen atoms in total. The van der Waals surface area contributed by atoms with Gasteiger partial charge in [-0.05, 0) is 36.8 Å². The first-order valence-corrected chi connectivity index (χ1v) is 8.87. The number of hydrogen-bond donors (Lipinski definition) is 2. The zero-order chi connectivity index (χ0) is 17.0. The van der Waals surface area contributed by atoms with E-state index in [1.165, 1.54) is 5.39 Å². The summed E-state index contributed by atoms with van der Waals surface area (Å²) in [5.41, 5.74) is -0.266. The van der Waals surface area contributed by atoms with Crippen LogP contribution in [0.15, 0.2) is 54.0 Å². The van der Waals surface area contributed by atoms with Crippen molar-refractivity contribution in [2.75, 3.05) is 13.2 Å². The van der Waals surface area contributed by atoms with E-state index in [4.69, 9.17) is 4.74 Å². The van der Waals surface area contributed by atoms with Crippen molar-refractivity contribution in [1.29, 1.82) is 0 Å². The molecule has 2 N–H and O–H groups in total. The fraction of sp³-hybridized carbons (Fsp3) is 0.316. The molecule has 3 aromatic rings. The van der Waals surface area contributed by atoms with E-state index >= 15 is 0 Å². The quantitative estimate of drug-likeness (QED) is 0.689. The molecule has 24 heavy (non-hydrogen) atoms. The highest BCUT2D eigenvalue weighted by atomic mass is 32.1. The summed E-state index contributed by atoms with van der Waals surface area (Å²) in [4.78, 5) is 4.33. The van der Waals surface area contributed by atoms with Crippen molar-refractivity contribution in [2.45, 2.75) is 25.5 Å². The Balaban J connectivity index is 1.52. The van der Waals surface area contributed by atoms with Gasteiger partial charge in [-0.15, -0.1) is 11.3 Å². The number of aromatic nitrogens is 1. The highest BCUT2D eigenvalue weighted by molar-refractivity contribution is 7.09. The van der Waals surface area contributed by atoms with Crippen LogP contribution in [0.2, 0.25) is 0 Å². The maximum Gasteiger partial charge on any atom is 0.120 e. The Bertz CT molecular complexity index is 787. The molecule has 0 bridgehead atoms. The van der Waals surface area contributed by atoms with Crippen LogP contribution in [0.5, 0.6) is 5.75 Å². The highest BCUT2D eigenvalue weighted by Crippen LogP contribution is 2.22. The van der Waals surface area contributed by atoms with Crippen molar-refractivity contribution in [3.63, 3.8) is 0 Å². The third kappa shape index (κ3) is 4.12. The fourth-order valence-electron chi connectivity index (χ4n) is 2.49. The molecule has 2 aromatic carbocycles. The molecule has 5 heteroatoms. The fourth-order valence-corrected chi connectivity index (χ4v) is 3.23. The van der Waals surface area contributed by atoms with Gasteiger partial charge in [-0.1, -0.05) is 30.3 Å². The van der Waals surface area contributed by atoms with Gasteiger partial charge in [-0.2, -0.15) is 0 Å². The molecule has 0 amide bonds. The van der Waals surface area contributed by atoms with Crippen LogP contribution in [-0.2, 0) is 5.54 Å². The molecule has 1 aromatic heterocycles. The van der Waals surface area contributed by atoms with Crippen molar-refractivity contribution >= 4 is 22.1 Å². The molecule has 0 aliphatic heterocycles. The molecule has 0 saturated carbocycles. The Hall–Kier alpha value is -1.95. The summed E-state index contributed by atoms with van der Waals surface area (Å²) in [6.45, 7) is 4.81. The van der Waals surface area contributed by atoms with Crippen LogP contribution in [0.4, 0.5) is 0 Å². The van der Waals surface area contributed by atoms with Crippen molar-refractivity contribution in [3.05, 3.63) is 59.0 Å². The molecule has 0 radical (unpaired) electrons. The third-order valence-electron chi connectivity index (χ3n) is 3.91. The van der Waals surface area contributed by atoms with Crippen LogP contribution in [0, 0.1) is 0 Å². The zero-order valence-electron chi connectivity index (χ0n) is 13.9. The van der Waals surface area contributed by atoms with Crippen molar-refractivity contribution in [2.24, 2.45) is 0 Å². The first-order chi connectivity index (χ1) is 11.5. The van der Waals surface area contributed by atoms with Gasteiger partial charge in [0.2, 0.25) is 0 Å². The van der Waals surface area contributed by atoms with E-state index in [0.717, 1.165) is 16.1 Å². The Morgan fingerprint density at radius 3 is 2.75 bits per heavy atom. The lowest BCUT2D eigenvalue weighted by molar-refractivity contribution is 0.0988. The Kier molecular flexibility index (Phi) is 5.14. The smallest absolute Gasteiger partial charge is 0.120 e. The highest BCUT2D eigenvalue weighted by Gasteiger charge is 2.23. The second kappa shape index (κ2) is 7.30. The SMILES string of the molecule is CC(C)(NCC(O)COc1ccc2ccccc2c1)c1nccs1. The summed E-state index contributed by atoms with van der Waals surface area (Å²) in [5, 5.41) is 18.8. The van der Waals surface area contributed by atoms with Crippen LogP contribution in [0.1, 0.15) is 18.9 Å². The van der Waals surface area contributed by atoms with Crippen LogP contribution in [0.25, 0.3) is 10.8 Å². The maximum atomic E-state index is 10.2. The van der Waals surface area contributed by atoms with E-state index in [2.05, 4.69) is 36.3 Å². The molecule has 126 valence electrons. The molecular formula is C19H22N2O2S. The summed E-state index contributed by atoms with van der Waals surface area (Å²) >= 11 is 1.61. The Labute approximate surface area is 146 Å². The average molecular weight is 342 g/mol. The molecular weight excluding hydrogens is 320 g/mol. The Morgan fingerprint density at radius 2 is 2.00 bits per heavy atom. The number of benzene rings is 2. The van der Waals surface area contributed by atoms with E-state index in [1.807, 2.05) is 35.7 Å². The lowest BCUT2D eigenvalue weighted by Crippen LogP contribution is -2.42. The van der Waals surface area contributed by atoms with E-state index < -0.39 is 6.10 Å². The third-order valence-corrected chi connectivity index (χ3v) is 5.01. The molecule has 1 heterocycles. The minimum Gasteiger partial charge on any atom is -0.491 e. The number of fused-ring (bicyclic) bond motifs is 1. The first kappa shape index (κ1) is 16.9. The normalized spacial score (nSPS) is 13.1. The molecule has 1 unspecified atom stereocenters. The maximum absolute atomic E-state index is 10.2. The molecule has 0 aliphatic carbocycles. The van der Waals surface area contributed by atoms with Gasteiger partial charge in [0.25, 0.3) is 0 Å². The lowest BCUT2D eigenvalue weighted by Gasteiger charge is -2.25. The molecule has 0 fully saturated rings. The standard InChI is InChI=1S/C19H22N2O2S/c1-19(2,18-20-9-10-24-18)21-12-16(22)13-23-17-8-7-14-5-3-4-6-15(14)11-17/h3-11,16,21-22H,12-13H2,1-2H3. The second-order valence-electron chi connectivity index (χ2n) is 6.32. The van der Waals surface area contributed by atoms with E-state index in [1.54, 1.807) is 17.5 Å². The van der Waals surface area contributed by atoms with Gasteiger partial charge in [0, 0.05) is 18.1 Å². The first-order valence-electron chi connectivity index (χ1n) is 7.99. The van der Waals surface area contributed by atoms with Gasteiger partial charge in [-0.25, -0.2) is 4.98 Å². The van der Waals surface area contributed by atoms with Gasteiger partial charge < -0.3 is 15.2 Å². The number of nitrogens with one attached hydrogen (secondary N) is 1. The minimum absolute atomic E-state index is 0.249. The minimum atomic E-state index is -0.587. The number of hydrogen-bond acceptors (Lipinski definition) is 5. The number of aliphatic hydroxyl groups is 1. The predicted molar refractivity (Wildman–Crippen MR) is 98.6 cm³/mol. The summed E-state index contributed by atoms with van der Waals surface area (Å²) in [6.07, 6.45) is 1.21. The van der Waals surface area contributed by atoms with Crippen LogP contribution in [-0.4, -0.2) is 29.3 Å². The average Bonchev–Trinajstić information content (AvgIpc) is 3.13. The van der Waals surface area contributed by atoms with Crippen LogP contribution in [0.3, 0.4) is 0 Å². The summed E-state index contributed by atoms with van der Waals surface area (Å²) in [5.74, 6) is 0.770. The van der Waals surface area contributed by atoms with Crippen molar-refractivity contribution in [1.82, 2.24) is 10.3 Å². The number of ether oxygens (including phenoxy) is 1. The van der Waals surface area contributed by atoms with Gasteiger partial charge in [0.05, 0.1) is 5.54 Å². The number of rotatable bonds is 7. The zero-order valence-corrected chi connectivity index (χ0v) is 14.7. The molecule has 1 atom stereocenters. The summed E-state index contributed by atoms with van der Waals surface area (Å²) in [7, 11) is 0. The van der Waals surface area contributed by atoms with E-state index in [0.29, 0.717) is 6.54 Å². The van der Waals surface area contributed by atoms with Crippen molar-refractivity contribution < 1.29 is 9.84 Å². The van der Waals surface area contributed by atoms with Gasteiger partial charge in [0.15, 0.2) is 0 Å². The van der Waals surface area contributed by atoms with Gasteiger partial charge >= 0.3 is 0 Å². The molecule has 3 rings (SSSR count). The topological polar surface area (TPSA) is 54.4 Å². The number of aliphatic hydroxyl groups excluding tert-OH is 1.